The van der Waals surface area contributed by atoms with Gasteiger partial charge in [-0.3, -0.25) is 0 Å². The molecule has 170 valence electrons. The zero-order valence-electron chi connectivity index (χ0n) is 19.5. The Morgan fingerprint density at radius 1 is 1.16 bits per heavy atom. The van der Waals surface area contributed by atoms with Gasteiger partial charge in [0.2, 0.25) is 0 Å². The monoisotopic (exact) mass is 445 g/mol. The Bertz CT molecular complexity index is 856. The number of aryl methyl sites for hydroxylation is 1. The van der Waals surface area contributed by atoms with Crippen LogP contribution in [0.1, 0.15) is 56.4 Å². The third-order valence-corrected chi connectivity index (χ3v) is 5.29. The summed E-state index contributed by atoms with van der Waals surface area (Å²) in [5.74, 6) is 0.766. The lowest BCUT2D eigenvalue weighted by Crippen LogP contribution is -2.36. The Balaban J connectivity index is 1.90. The van der Waals surface area contributed by atoms with Gasteiger partial charge in [0, 0.05) is 25.5 Å². The summed E-state index contributed by atoms with van der Waals surface area (Å²) in [6, 6.07) is 8.12. The summed E-state index contributed by atoms with van der Waals surface area (Å²) in [6.07, 6.45) is 0.635. The third kappa shape index (κ3) is 8.96. The lowest BCUT2D eigenvalue weighted by Gasteiger charge is -2.24. The Kier molecular flexibility index (Phi) is 9.30. The number of nitrogens with one attached hydrogen (secondary N) is 2. The van der Waals surface area contributed by atoms with Crippen molar-refractivity contribution < 1.29 is 9.53 Å². The molecule has 0 fully saturated rings. The SMILES string of the molecule is CCNC(=NCc1ccc(CN(C)C(=O)OC(C)(C)C)cc1)NCc1csc(CC)n1. The topological polar surface area (TPSA) is 78.9 Å². The first-order valence-electron chi connectivity index (χ1n) is 10.7. The molecule has 0 saturated carbocycles. The summed E-state index contributed by atoms with van der Waals surface area (Å²) in [7, 11) is 1.74. The minimum absolute atomic E-state index is 0.325. The fraction of sp³-hybridized carbons (Fsp3) is 0.522. The summed E-state index contributed by atoms with van der Waals surface area (Å²) in [5, 5.41) is 9.84. The highest BCUT2D eigenvalue weighted by Crippen LogP contribution is 2.13. The van der Waals surface area contributed by atoms with Gasteiger partial charge in [0.25, 0.3) is 0 Å². The molecule has 2 aromatic rings. The molecule has 8 heteroatoms. The number of aromatic nitrogens is 1. The fourth-order valence-electron chi connectivity index (χ4n) is 2.71. The summed E-state index contributed by atoms with van der Waals surface area (Å²) in [6.45, 7) is 12.3. The van der Waals surface area contributed by atoms with Crippen molar-refractivity contribution >= 4 is 23.4 Å². The number of benzene rings is 1. The summed E-state index contributed by atoms with van der Waals surface area (Å²) < 4.78 is 5.40. The van der Waals surface area contributed by atoms with Gasteiger partial charge in [-0.25, -0.2) is 14.8 Å². The number of rotatable bonds is 8. The Morgan fingerprint density at radius 2 is 1.84 bits per heavy atom. The van der Waals surface area contributed by atoms with Crippen LogP contribution in [0.4, 0.5) is 4.79 Å². The van der Waals surface area contributed by atoms with Gasteiger partial charge in [-0.2, -0.15) is 0 Å². The van der Waals surface area contributed by atoms with Crippen LogP contribution in [0.15, 0.2) is 34.6 Å². The minimum atomic E-state index is -0.497. The second-order valence-electron chi connectivity index (χ2n) is 8.29. The van der Waals surface area contributed by atoms with E-state index in [1.54, 1.807) is 23.3 Å². The van der Waals surface area contributed by atoms with E-state index in [0.29, 0.717) is 19.6 Å². The summed E-state index contributed by atoms with van der Waals surface area (Å²) >= 11 is 1.69. The van der Waals surface area contributed by atoms with Crippen LogP contribution in [0, 0.1) is 0 Å². The molecular formula is C23H35N5O2S. The number of carbonyl (C=O) groups excluding carboxylic acids is 1. The lowest BCUT2D eigenvalue weighted by atomic mass is 10.1. The second kappa shape index (κ2) is 11.7. The number of guanidine groups is 1. The Morgan fingerprint density at radius 3 is 2.42 bits per heavy atom. The molecule has 0 spiro atoms. The average Bonchev–Trinajstić information content (AvgIpc) is 3.18. The number of nitrogens with zero attached hydrogens (tertiary/aromatic N) is 3. The van der Waals surface area contributed by atoms with Gasteiger partial charge < -0.3 is 20.3 Å². The molecule has 0 saturated heterocycles. The number of carbonyl (C=O) groups is 1. The maximum atomic E-state index is 12.1. The van der Waals surface area contributed by atoms with Crippen LogP contribution in [0.25, 0.3) is 0 Å². The largest absolute Gasteiger partial charge is 0.444 e. The fourth-order valence-corrected chi connectivity index (χ4v) is 3.45. The van der Waals surface area contributed by atoms with E-state index >= 15 is 0 Å². The zero-order valence-corrected chi connectivity index (χ0v) is 20.3. The van der Waals surface area contributed by atoms with Gasteiger partial charge in [-0.15, -0.1) is 11.3 Å². The van der Waals surface area contributed by atoms with E-state index in [1.807, 2.05) is 52.0 Å². The zero-order chi connectivity index (χ0) is 22.9. The number of hydrogen-bond donors (Lipinski definition) is 2. The number of thiazole rings is 1. The summed E-state index contributed by atoms with van der Waals surface area (Å²) in [5.41, 5.74) is 2.68. The molecule has 0 atom stereocenters. The first-order valence-corrected chi connectivity index (χ1v) is 11.6. The Labute approximate surface area is 189 Å². The molecular weight excluding hydrogens is 410 g/mol. The second-order valence-corrected chi connectivity index (χ2v) is 9.23. The van der Waals surface area contributed by atoms with Crippen LogP contribution < -0.4 is 10.6 Å². The van der Waals surface area contributed by atoms with Crippen LogP contribution in [-0.4, -0.2) is 41.1 Å². The van der Waals surface area contributed by atoms with Crippen molar-refractivity contribution in [1.82, 2.24) is 20.5 Å². The van der Waals surface area contributed by atoms with Gasteiger partial charge in [-0.05, 0) is 45.2 Å². The van der Waals surface area contributed by atoms with E-state index in [0.717, 1.165) is 40.8 Å². The van der Waals surface area contributed by atoms with Crippen molar-refractivity contribution in [2.24, 2.45) is 4.99 Å². The van der Waals surface area contributed by atoms with E-state index in [2.05, 4.69) is 32.9 Å². The Hall–Kier alpha value is -2.61. The van der Waals surface area contributed by atoms with Crippen LogP contribution in [0.3, 0.4) is 0 Å². The van der Waals surface area contributed by atoms with Crippen molar-refractivity contribution in [3.63, 3.8) is 0 Å². The van der Waals surface area contributed by atoms with Crippen molar-refractivity contribution in [2.75, 3.05) is 13.6 Å². The standard InChI is InChI=1S/C23H35N5O2S/c1-7-20-27-19(16-31-20)14-26-21(24-8-2)25-13-17-9-11-18(12-10-17)15-28(6)22(29)30-23(3,4)5/h9-12,16H,7-8,13-15H2,1-6H3,(H2,24,25,26). The molecule has 31 heavy (non-hydrogen) atoms. The van der Waals surface area contributed by atoms with E-state index in [-0.39, 0.29) is 6.09 Å². The van der Waals surface area contributed by atoms with Crippen LogP contribution in [0.2, 0.25) is 0 Å². The molecule has 1 amide bonds. The molecule has 0 bridgehead atoms. The predicted octanol–water partition coefficient (Wildman–Crippen LogP) is 4.33. The van der Waals surface area contributed by atoms with E-state index in [1.165, 1.54) is 0 Å². The lowest BCUT2D eigenvalue weighted by molar-refractivity contribution is 0.0285. The quantitative estimate of drug-likeness (QED) is 0.467. The number of ether oxygens (including phenoxy) is 1. The van der Waals surface area contributed by atoms with Gasteiger partial charge in [0.15, 0.2) is 5.96 Å². The van der Waals surface area contributed by atoms with Gasteiger partial charge in [-0.1, -0.05) is 31.2 Å². The maximum absolute atomic E-state index is 12.1. The predicted molar refractivity (Wildman–Crippen MR) is 127 cm³/mol. The number of aliphatic imine (C=N–C) groups is 1. The molecule has 1 heterocycles. The van der Waals surface area contributed by atoms with Crippen LogP contribution in [-0.2, 0) is 30.8 Å². The molecule has 0 radical (unpaired) electrons. The van der Waals surface area contributed by atoms with E-state index < -0.39 is 5.60 Å². The number of hydrogen-bond acceptors (Lipinski definition) is 5. The smallest absolute Gasteiger partial charge is 0.410 e. The highest BCUT2D eigenvalue weighted by Gasteiger charge is 2.19. The molecule has 2 N–H and O–H groups in total. The molecule has 0 aliphatic heterocycles. The van der Waals surface area contributed by atoms with Crippen molar-refractivity contribution in [3.05, 3.63) is 51.5 Å². The maximum Gasteiger partial charge on any atom is 0.410 e. The highest BCUT2D eigenvalue weighted by atomic mass is 32.1. The van der Waals surface area contributed by atoms with E-state index in [9.17, 15) is 4.79 Å². The van der Waals surface area contributed by atoms with Gasteiger partial charge in [0.05, 0.1) is 23.8 Å². The molecule has 0 unspecified atom stereocenters. The van der Waals surface area contributed by atoms with Crippen LogP contribution in [0.5, 0.6) is 0 Å². The number of amides is 1. The normalized spacial score (nSPS) is 11.9. The third-order valence-electron chi connectivity index (χ3n) is 4.25. The molecule has 1 aromatic heterocycles. The van der Waals surface area contributed by atoms with E-state index in [4.69, 9.17) is 4.74 Å². The summed E-state index contributed by atoms with van der Waals surface area (Å²) in [4.78, 5) is 22.9. The van der Waals surface area contributed by atoms with Crippen molar-refractivity contribution in [1.29, 1.82) is 0 Å². The molecule has 0 aliphatic carbocycles. The van der Waals surface area contributed by atoms with Crippen molar-refractivity contribution in [3.8, 4) is 0 Å². The van der Waals surface area contributed by atoms with Gasteiger partial charge in [0.1, 0.15) is 5.60 Å². The first kappa shape index (κ1) is 24.7. The average molecular weight is 446 g/mol. The molecule has 2 rings (SSSR count). The molecule has 1 aromatic carbocycles. The van der Waals surface area contributed by atoms with Crippen molar-refractivity contribution in [2.45, 2.75) is 66.3 Å². The first-order chi connectivity index (χ1) is 14.7. The van der Waals surface area contributed by atoms with Gasteiger partial charge >= 0.3 is 6.09 Å². The molecule has 7 nitrogen and oxygen atoms in total. The minimum Gasteiger partial charge on any atom is -0.444 e. The molecule has 0 aliphatic rings. The van der Waals surface area contributed by atoms with Crippen LogP contribution >= 0.6 is 11.3 Å². The highest BCUT2D eigenvalue weighted by molar-refractivity contribution is 7.09.